The molecule has 0 amide bonds. The van der Waals surface area contributed by atoms with Gasteiger partial charge in [-0.05, 0) is 47.0 Å². The summed E-state index contributed by atoms with van der Waals surface area (Å²) in [5, 5.41) is 12.6. The minimum Gasteiger partial charge on any atom is -0.872 e. The Morgan fingerprint density at radius 2 is 1.03 bits per heavy atom. The van der Waals surface area contributed by atoms with Gasteiger partial charge in [-0.1, -0.05) is 103 Å². The number of benzene rings is 4. The SMILES string of the molecule is [Li+].[O-]c1ccc(-c2cccc(-c3nc(-c4ccccc4)cc(-c4ccccc4)n3)c2)cc1-c1ccccn1. The number of hydrogen-bond acceptors (Lipinski definition) is 4. The van der Waals surface area contributed by atoms with Crippen molar-refractivity contribution in [2.45, 2.75) is 0 Å². The Kier molecular flexibility index (Phi) is 7.47. The first-order valence-corrected chi connectivity index (χ1v) is 12.1. The fourth-order valence-corrected chi connectivity index (χ4v) is 4.36. The van der Waals surface area contributed by atoms with Crippen molar-refractivity contribution >= 4 is 0 Å². The number of aromatic nitrogens is 3. The summed E-state index contributed by atoms with van der Waals surface area (Å²) < 4.78 is 0. The number of rotatable bonds is 5. The zero-order valence-electron chi connectivity index (χ0n) is 21.0. The third kappa shape index (κ3) is 5.28. The normalized spacial score (nSPS) is 10.5. The second-order valence-corrected chi connectivity index (χ2v) is 8.70. The molecule has 0 fully saturated rings. The van der Waals surface area contributed by atoms with Gasteiger partial charge in [-0.3, -0.25) is 4.98 Å². The molecule has 5 heteroatoms. The van der Waals surface area contributed by atoms with Crippen LogP contribution in [0.4, 0.5) is 0 Å². The zero-order chi connectivity index (χ0) is 25.0. The molecule has 0 N–H and O–H groups in total. The van der Waals surface area contributed by atoms with Gasteiger partial charge in [-0.15, -0.1) is 0 Å². The van der Waals surface area contributed by atoms with Crippen molar-refractivity contribution in [1.82, 2.24) is 15.0 Å². The Morgan fingerprint density at radius 1 is 0.447 bits per heavy atom. The summed E-state index contributed by atoms with van der Waals surface area (Å²) in [5.74, 6) is 0.595. The van der Waals surface area contributed by atoms with Crippen LogP contribution in [0.25, 0.3) is 56.3 Å². The Morgan fingerprint density at radius 3 is 1.66 bits per heavy atom. The van der Waals surface area contributed by atoms with Gasteiger partial charge in [0.25, 0.3) is 0 Å². The van der Waals surface area contributed by atoms with E-state index in [0.717, 1.165) is 39.2 Å². The maximum Gasteiger partial charge on any atom is 1.00 e. The van der Waals surface area contributed by atoms with Crippen LogP contribution in [-0.4, -0.2) is 15.0 Å². The molecule has 0 saturated carbocycles. The summed E-state index contributed by atoms with van der Waals surface area (Å²) in [6.07, 6.45) is 1.70. The monoisotopic (exact) mass is 483 g/mol. The minimum atomic E-state index is -0.0509. The van der Waals surface area contributed by atoms with Crippen LogP contribution in [0.1, 0.15) is 0 Å². The molecule has 0 saturated heterocycles. The van der Waals surface area contributed by atoms with Gasteiger partial charge in [0.2, 0.25) is 0 Å². The standard InChI is InChI=1S/C33H23N3O.Li/c37-32-18-17-26(21-28(32)29-16-7-8-19-34-29)25-14-9-15-27(20-25)33-35-30(23-10-3-1-4-11-23)22-31(36-33)24-12-5-2-6-13-24;/h1-22,37H;/q;+1/p-1. The Labute approximate surface area is 233 Å². The average Bonchev–Trinajstić information content (AvgIpc) is 2.98. The first-order chi connectivity index (χ1) is 18.2. The maximum atomic E-state index is 12.6. The molecule has 0 aliphatic carbocycles. The molecule has 0 radical (unpaired) electrons. The van der Waals surface area contributed by atoms with E-state index in [1.165, 1.54) is 0 Å². The fraction of sp³-hybridized carbons (Fsp3) is 0. The van der Waals surface area contributed by atoms with Crippen LogP contribution >= 0.6 is 0 Å². The predicted octanol–water partition coefficient (Wildman–Crippen LogP) is 4.28. The van der Waals surface area contributed by atoms with Crippen molar-refractivity contribution in [3.8, 4) is 62.0 Å². The molecule has 6 rings (SSSR count). The van der Waals surface area contributed by atoms with Crippen molar-refractivity contribution in [3.05, 3.63) is 134 Å². The van der Waals surface area contributed by atoms with Crippen LogP contribution in [0.5, 0.6) is 5.75 Å². The van der Waals surface area contributed by atoms with Crippen molar-refractivity contribution < 1.29 is 24.0 Å². The van der Waals surface area contributed by atoms with E-state index >= 15 is 0 Å². The van der Waals surface area contributed by atoms with Crippen molar-refractivity contribution in [2.75, 3.05) is 0 Å². The van der Waals surface area contributed by atoms with Crippen LogP contribution < -0.4 is 24.0 Å². The molecule has 4 nitrogen and oxygen atoms in total. The van der Waals surface area contributed by atoms with Crippen LogP contribution in [0.2, 0.25) is 0 Å². The topological polar surface area (TPSA) is 61.7 Å². The smallest absolute Gasteiger partial charge is 0.872 e. The first kappa shape index (κ1) is 25.2. The van der Waals surface area contributed by atoms with E-state index in [4.69, 9.17) is 9.97 Å². The van der Waals surface area contributed by atoms with Gasteiger partial charge in [-0.2, -0.15) is 0 Å². The zero-order valence-corrected chi connectivity index (χ0v) is 21.0. The summed E-state index contributed by atoms with van der Waals surface area (Å²) >= 11 is 0. The van der Waals surface area contributed by atoms with Gasteiger partial charge in [0.15, 0.2) is 5.82 Å². The first-order valence-electron chi connectivity index (χ1n) is 12.1. The summed E-state index contributed by atoms with van der Waals surface area (Å²) in [6.45, 7) is 0. The van der Waals surface area contributed by atoms with Crippen LogP contribution in [0, 0.1) is 0 Å². The number of nitrogens with zero attached hydrogens (tertiary/aromatic N) is 3. The molecule has 0 bridgehead atoms. The van der Waals surface area contributed by atoms with Gasteiger partial charge in [0.1, 0.15) is 0 Å². The van der Waals surface area contributed by atoms with Crippen molar-refractivity contribution in [1.29, 1.82) is 0 Å². The van der Waals surface area contributed by atoms with E-state index in [1.807, 2.05) is 91.0 Å². The summed E-state index contributed by atoms with van der Waals surface area (Å²) in [7, 11) is 0. The van der Waals surface area contributed by atoms with Gasteiger partial charge < -0.3 is 5.11 Å². The van der Waals surface area contributed by atoms with E-state index in [9.17, 15) is 5.11 Å². The largest absolute Gasteiger partial charge is 1.00 e. The van der Waals surface area contributed by atoms with Gasteiger partial charge in [0.05, 0.1) is 17.1 Å². The molecule has 6 aromatic rings. The molecule has 0 spiro atoms. The number of pyridine rings is 1. The Balaban J connectivity index is 0.00000294. The Hall–Kier alpha value is -4.49. The molecular formula is C33H22LiN3O. The molecule has 4 aromatic carbocycles. The summed E-state index contributed by atoms with van der Waals surface area (Å²) in [4.78, 5) is 14.3. The molecule has 0 aliphatic heterocycles. The molecule has 0 unspecified atom stereocenters. The fourth-order valence-electron chi connectivity index (χ4n) is 4.36. The summed E-state index contributed by atoms with van der Waals surface area (Å²) in [5.41, 5.74) is 7.85. The molecule has 2 heterocycles. The maximum absolute atomic E-state index is 12.6. The van der Waals surface area contributed by atoms with Crippen LogP contribution in [0.3, 0.4) is 0 Å². The van der Waals surface area contributed by atoms with Crippen molar-refractivity contribution in [2.24, 2.45) is 0 Å². The van der Waals surface area contributed by atoms with E-state index in [-0.39, 0.29) is 24.6 Å². The van der Waals surface area contributed by atoms with Gasteiger partial charge in [-0.25, -0.2) is 9.97 Å². The Bertz CT molecular complexity index is 1620. The third-order valence-corrected chi connectivity index (χ3v) is 6.24. The molecule has 2 aromatic heterocycles. The third-order valence-electron chi connectivity index (χ3n) is 6.24. The van der Waals surface area contributed by atoms with Gasteiger partial charge >= 0.3 is 18.9 Å². The van der Waals surface area contributed by atoms with E-state index in [0.29, 0.717) is 17.1 Å². The van der Waals surface area contributed by atoms with Crippen LogP contribution in [0.15, 0.2) is 134 Å². The summed E-state index contributed by atoms with van der Waals surface area (Å²) in [6, 6.07) is 41.4. The van der Waals surface area contributed by atoms with Crippen molar-refractivity contribution in [3.63, 3.8) is 0 Å². The van der Waals surface area contributed by atoms with Gasteiger partial charge in [0, 0.05) is 22.9 Å². The molecular weight excluding hydrogens is 461 g/mol. The molecule has 38 heavy (non-hydrogen) atoms. The van der Waals surface area contributed by atoms with E-state index in [2.05, 4.69) is 35.3 Å². The molecule has 0 aliphatic rings. The quantitative estimate of drug-likeness (QED) is 0.344. The number of hydrogen-bond donors (Lipinski definition) is 0. The molecule has 176 valence electrons. The predicted molar refractivity (Wildman–Crippen MR) is 146 cm³/mol. The minimum absolute atomic E-state index is 0. The second kappa shape index (κ2) is 11.3. The van der Waals surface area contributed by atoms with E-state index in [1.54, 1.807) is 12.3 Å². The second-order valence-electron chi connectivity index (χ2n) is 8.70. The van der Waals surface area contributed by atoms with Crippen LogP contribution in [-0.2, 0) is 0 Å². The molecule has 0 atom stereocenters. The average molecular weight is 484 g/mol. The van der Waals surface area contributed by atoms with E-state index < -0.39 is 0 Å².